The van der Waals surface area contributed by atoms with Gasteiger partial charge in [-0.2, -0.15) is 0 Å². The van der Waals surface area contributed by atoms with Crippen LogP contribution in [0, 0.1) is 5.41 Å². The fourth-order valence-corrected chi connectivity index (χ4v) is 2.53. The summed E-state index contributed by atoms with van der Waals surface area (Å²) in [6.07, 6.45) is 2.42. The number of hydrogen-bond donors (Lipinski definition) is 2. The minimum Gasteiger partial charge on any atom is -0.384 e. The van der Waals surface area contributed by atoms with Crippen LogP contribution in [0.2, 0.25) is 0 Å². The van der Waals surface area contributed by atoms with Gasteiger partial charge < -0.3 is 16.0 Å². The van der Waals surface area contributed by atoms with E-state index in [1.807, 2.05) is 6.07 Å². The van der Waals surface area contributed by atoms with Gasteiger partial charge in [-0.3, -0.25) is 0 Å². The number of nitrogen functional groups attached to an aromatic ring is 1. The minimum atomic E-state index is -0.0940. The van der Waals surface area contributed by atoms with E-state index in [0.29, 0.717) is 11.2 Å². The molecule has 0 aliphatic carbocycles. The zero-order valence-electron chi connectivity index (χ0n) is 14.0. The highest BCUT2D eigenvalue weighted by molar-refractivity contribution is 5.45. The van der Waals surface area contributed by atoms with Crippen LogP contribution < -0.4 is 11.1 Å². The lowest BCUT2D eigenvalue weighted by molar-refractivity contribution is 0.150. The van der Waals surface area contributed by atoms with Crippen LogP contribution in [0.1, 0.15) is 46.4 Å². The molecule has 1 aromatic heterocycles. The van der Waals surface area contributed by atoms with E-state index in [1.165, 1.54) is 12.8 Å². The summed E-state index contributed by atoms with van der Waals surface area (Å²) in [4.78, 5) is 11.4. The molecule has 5 nitrogen and oxygen atoms in total. The minimum absolute atomic E-state index is 0.0940. The van der Waals surface area contributed by atoms with Gasteiger partial charge in [-0.05, 0) is 38.4 Å². The zero-order chi connectivity index (χ0) is 15.7. The van der Waals surface area contributed by atoms with Crippen molar-refractivity contribution >= 4 is 11.6 Å². The normalized spacial score (nSPS) is 19.5. The van der Waals surface area contributed by atoms with Crippen molar-refractivity contribution in [3.63, 3.8) is 0 Å². The lowest BCUT2D eigenvalue weighted by atomic mass is 9.80. The topological polar surface area (TPSA) is 67.1 Å². The summed E-state index contributed by atoms with van der Waals surface area (Å²) in [7, 11) is 2.19. The molecule has 0 amide bonds. The van der Waals surface area contributed by atoms with Gasteiger partial charge in [-0.15, -0.1) is 0 Å². The first-order valence-corrected chi connectivity index (χ1v) is 7.75. The van der Waals surface area contributed by atoms with Crippen LogP contribution in [0.25, 0.3) is 0 Å². The van der Waals surface area contributed by atoms with Gasteiger partial charge in [0, 0.05) is 18.0 Å². The molecular weight excluding hydrogens is 262 g/mol. The monoisotopic (exact) mass is 291 g/mol. The second kappa shape index (κ2) is 5.79. The van der Waals surface area contributed by atoms with Gasteiger partial charge >= 0.3 is 0 Å². The number of likely N-dealkylation sites (tertiary alicyclic amines) is 1. The fraction of sp³-hybridized carbons (Fsp3) is 0.750. The first kappa shape index (κ1) is 16.0. The Hall–Kier alpha value is -1.36. The molecule has 0 aromatic carbocycles. The molecule has 118 valence electrons. The molecule has 0 spiro atoms. The zero-order valence-corrected chi connectivity index (χ0v) is 14.0. The maximum Gasteiger partial charge on any atom is 0.138 e. The predicted molar refractivity (Wildman–Crippen MR) is 88.5 cm³/mol. The van der Waals surface area contributed by atoms with Crippen LogP contribution in [0.3, 0.4) is 0 Å². The molecule has 3 N–H and O–H groups in total. The van der Waals surface area contributed by atoms with E-state index >= 15 is 0 Å². The molecular formula is C16H29N5. The van der Waals surface area contributed by atoms with Crippen LogP contribution in [0.15, 0.2) is 6.07 Å². The average Bonchev–Trinajstić information content (AvgIpc) is 2.39. The molecule has 0 radical (unpaired) electrons. The Morgan fingerprint density at radius 3 is 2.48 bits per heavy atom. The smallest absolute Gasteiger partial charge is 0.138 e. The summed E-state index contributed by atoms with van der Waals surface area (Å²) in [5.41, 5.74) is 6.15. The highest BCUT2D eigenvalue weighted by Gasteiger charge is 2.29. The molecule has 0 atom stereocenters. The third-order valence-electron chi connectivity index (χ3n) is 4.31. The summed E-state index contributed by atoms with van der Waals surface area (Å²) >= 11 is 0. The van der Waals surface area contributed by atoms with Crippen LogP contribution in [0.4, 0.5) is 11.6 Å². The Morgan fingerprint density at radius 2 is 1.90 bits per heavy atom. The van der Waals surface area contributed by atoms with E-state index in [4.69, 9.17) is 5.73 Å². The van der Waals surface area contributed by atoms with Crippen LogP contribution in [-0.2, 0) is 5.41 Å². The van der Waals surface area contributed by atoms with Crippen LogP contribution in [-0.4, -0.2) is 41.5 Å². The number of aromatic nitrogens is 2. The van der Waals surface area contributed by atoms with Gasteiger partial charge in [0.2, 0.25) is 0 Å². The molecule has 1 saturated heterocycles. The van der Waals surface area contributed by atoms with Gasteiger partial charge in [0.1, 0.15) is 17.5 Å². The summed E-state index contributed by atoms with van der Waals surface area (Å²) in [6, 6.07) is 1.83. The molecule has 2 rings (SSSR count). The van der Waals surface area contributed by atoms with Crippen LogP contribution in [0.5, 0.6) is 0 Å². The van der Waals surface area contributed by atoms with Crippen LogP contribution >= 0.6 is 0 Å². The average molecular weight is 291 g/mol. The van der Waals surface area contributed by atoms with E-state index in [2.05, 4.69) is 54.9 Å². The molecule has 21 heavy (non-hydrogen) atoms. The molecule has 5 heteroatoms. The van der Waals surface area contributed by atoms with E-state index in [-0.39, 0.29) is 5.41 Å². The maximum atomic E-state index is 5.92. The molecule has 0 unspecified atom stereocenters. The van der Waals surface area contributed by atoms with Gasteiger partial charge in [0.25, 0.3) is 0 Å². The highest BCUT2D eigenvalue weighted by Crippen LogP contribution is 2.30. The van der Waals surface area contributed by atoms with Gasteiger partial charge in [0.05, 0.1) is 0 Å². The molecule has 1 fully saturated rings. The van der Waals surface area contributed by atoms with Crippen molar-refractivity contribution in [3.8, 4) is 0 Å². The number of hydrogen-bond acceptors (Lipinski definition) is 5. The molecule has 0 bridgehead atoms. The van der Waals surface area contributed by atoms with Crippen molar-refractivity contribution in [1.82, 2.24) is 14.9 Å². The third-order valence-corrected chi connectivity index (χ3v) is 4.31. The summed E-state index contributed by atoms with van der Waals surface area (Å²) in [5.74, 6) is 2.16. The van der Waals surface area contributed by atoms with Gasteiger partial charge in [-0.25, -0.2) is 9.97 Å². The number of nitrogens with one attached hydrogen (secondary N) is 1. The SMILES string of the molecule is CN1CCC(C)(CNc2cc(N)nc(C(C)(C)C)n2)CC1. The van der Waals surface area contributed by atoms with E-state index in [1.54, 1.807) is 0 Å². The van der Waals surface area contributed by atoms with Gasteiger partial charge in [0.15, 0.2) is 0 Å². The third kappa shape index (κ3) is 4.30. The number of piperidine rings is 1. The Bertz CT molecular complexity index is 484. The van der Waals surface area contributed by atoms with Crippen molar-refractivity contribution in [2.45, 2.75) is 46.0 Å². The second-order valence-electron chi connectivity index (χ2n) is 7.72. The quantitative estimate of drug-likeness (QED) is 0.895. The molecule has 1 aliphatic rings. The summed E-state index contributed by atoms with van der Waals surface area (Å²) in [5, 5.41) is 3.47. The highest BCUT2D eigenvalue weighted by atomic mass is 15.1. The Balaban J connectivity index is 2.05. The van der Waals surface area contributed by atoms with Crippen molar-refractivity contribution in [1.29, 1.82) is 0 Å². The van der Waals surface area contributed by atoms with Crippen molar-refractivity contribution in [2.75, 3.05) is 37.7 Å². The first-order valence-electron chi connectivity index (χ1n) is 7.75. The Kier molecular flexibility index (Phi) is 4.42. The fourth-order valence-electron chi connectivity index (χ4n) is 2.53. The molecule has 1 aliphatic heterocycles. The largest absolute Gasteiger partial charge is 0.384 e. The summed E-state index contributed by atoms with van der Waals surface area (Å²) in [6.45, 7) is 11.9. The number of nitrogens with two attached hydrogens (primary N) is 1. The van der Waals surface area contributed by atoms with E-state index in [0.717, 1.165) is 31.3 Å². The summed E-state index contributed by atoms with van der Waals surface area (Å²) < 4.78 is 0. The predicted octanol–water partition coefficient (Wildman–Crippen LogP) is 2.50. The molecule has 1 aromatic rings. The van der Waals surface area contributed by atoms with Gasteiger partial charge in [-0.1, -0.05) is 27.7 Å². The maximum absolute atomic E-state index is 5.92. The lowest BCUT2D eigenvalue weighted by Gasteiger charge is -2.38. The Morgan fingerprint density at radius 1 is 1.29 bits per heavy atom. The number of rotatable bonds is 3. The van der Waals surface area contributed by atoms with E-state index < -0.39 is 0 Å². The Labute approximate surface area is 128 Å². The molecule has 2 heterocycles. The second-order valence-corrected chi connectivity index (χ2v) is 7.72. The number of anilines is 2. The molecule has 0 saturated carbocycles. The van der Waals surface area contributed by atoms with Crippen molar-refractivity contribution < 1.29 is 0 Å². The number of nitrogens with zero attached hydrogens (tertiary/aromatic N) is 3. The lowest BCUT2D eigenvalue weighted by Crippen LogP contribution is -2.40. The van der Waals surface area contributed by atoms with E-state index in [9.17, 15) is 0 Å². The van der Waals surface area contributed by atoms with Crippen molar-refractivity contribution in [3.05, 3.63) is 11.9 Å². The first-order chi connectivity index (χ1) is 9.68. The standard InChI is InChI=1S/C16H29N5/c1-15(2,3)14-19-12(17)10-13(20-14)18-11-16(4)6-8-21(5)9-7-16/h10H,6-9,11H2,1-5H3,(H3,17,18,19,20). The van der Waals surface area contributed by atoms with Crippen molar-refractivity contribution in [2.24, 2.45) is 5.41 Å².